The Morgan fingerprint density at radius 3 is 2.78 bits per heavy atom. The first-order chi connectivity index (χ1) is 8.72. The first-order valence-corrected chi connectivity index (χ1v) is 6.22. The summed E-state index contributed by atoms with van der Waals surface area (Å²) in [5.41, 5.74) is 0. The lowest BCUT2D eigenvalue weighted by molar-refractivity contribution is 0.105. The van der Waals surface area contributed by atoms with Crippen molar-refractivity contribution in [2.24, 2.45) is 0 Å². The zero-order valence-corrected chi connectivity index (χ0v) is 10.9. The molecule has 1 aromatic rings. The van der Waals surface area contributed by atoms with Gasteiger partial charge < -0.3 is 14.5 Å². The molecule has 1 aliphatic rings. The molecule has 7 heteroatoms. The van der Waals surface area contributed by atoms with Crippen molar-refractivity contribution in [3.05, 3.63) is 17.5 Å². The summed E-state index contributed by atoms with van der Waals surface area (Å²) in [6.07, 6.45) is 2.78. The van der Waals surface area contributed by atoms with Gasteiger partial charge >= 0.3 is 6.09 Å². The SMILES string of the molecule is CCOC(=O)N1CCN(c2ncncc2Cl)CC1. The summed E-state index contributed by atoms with van der Waals surface area (Å²) in [6, 6.07) is 0. The van der Waals surface area contributed by atoms with Gasteiger partial charge in [-0.25, -0.2) is 14.8 Å². The average Bonchev–Trinajstić information content (AvgIpc) is 2.40. The molecule has 0 unspecified atom stereocenters. The number of hydrogen-bond acceptors (Lipinski definition) is 5. The van der Waals surface area contributed by atoms with Crippen LogP contribution in [0.4, 0.5) is 10.6 Å². The van der Waals surface area contributed by atoms with Gasteiger partial charge in [-0.3, -0.25) is 0 Å². The summed E-state index contributed by atoms with van der Waals surface area (Å²) in [7, 11) is 0. The molecule has 6 nitrogen and oxygen atoms in total. The zero-order chi connectivity index (χ0) is 13.0. The van der Waals surface area contributed by atoms with Crippen LogP contribution in [0.25, 0.3) is 0 Å². The van der Waals surface area contributed by atoms with Gasteiger partial charge in [0, 0.05) is 26.2 Å². The molecular formula is C11H15ClN4O2. The van der Waals surface area contributed by atoms with Crippen LogP contribution in [0.5, 0.6) is 0 Å². The van der Waals surface area contributed by atoms with Crippen molar-refractivity contribution < 1.29 is 9.53 Å². The van der Waals surface area contributed by atoms with Gasteiger partial charge in [0.25, 0.3) is 0 Å². The Bertz CT molecular complexity index is 421. The highest BCUT2D eigenvalue weighted by Crippen LogP contribution is 2.22. The van der Waals surface area contributed by atoms with Gasteiger partial charge in [-0.05, 0) is 6.92 Å². The maximum absolute atomic E-state index is 11.5. The van der Waals surface area contributed by atoms with Crippen LogP contribution >= 0.6 is 11.6 Å². The molecule has 2 heterocycles. The molecule has 1 amide bonds. The van der Waals surface area contributed by atoms with E-state index in [-0.39, 0.29) is 6.09 Å². The van der Waals surface area contributed by atoms with Crippen molar-refractivity contribution >= 4 is 23.5 Å². The maximum Gasteiger partial charge on any atom is 0.409 e. The van der Waals surface area contributed by atoms with Gasteiger partial charge in [0.1, 0.15) is 11.3 Å². The van der Waals surface area contributed by atoms with E-state index < -0.39 is 0 Å². The van der Waals surface area contributed by atoms with Crippen molar-refractivity contribution in [2.45, 2.75) is 6.92 Å². The molecule has 0 aromatic carbocycles. The normalized spacial score (nSPS) is 15.7. The first-order valence-electron chi connectivity index (χ1n) is 5.84. The summed E-state index contributed by atoms with van der Waals surface area (Å²) in [5.74, 6) is 0.718. The van der Waals surface area contributed by atoms with Crippen LogP contribution in [-0.4, -0.2) is 53.7 Å². The summed E-state index contributed by atoms with van der Waals surface area (Å²) in [4.78, 5) is 23.3. The van der Waals surface area contributed by atoms with Gasteiger partial charge in [-0.15, -0.1) is 0 Å². The predicted molar refractivity (Wildman–Crippen MR) is 67.9 cm³/mol. The summed E-state index contributed by atoms with van der Waals surface area (Å²) in [5, 5.41) is 0.530. The van der Waals surface area contributed by atoms with E-state index in [1.165, 1.54) is 6.33 Å². The molecule has 0 aliphatic carbocycles. The average molecular weight is 271 g/mol. The van der Waals surface area contributed by atoms with Crippen LogP contribution in [0, 0.1) is 0 Å². The van der Waals surface area contributed by atoms with E-state index in [1.807, 2.05) is 4.90 Å². The van der Waals surface area contributed by atoms with Crippen LogP contribution in [0.1, 0.15) is 6.92 Å². The highest BCUT2D eigenvalue weighted by atomic mass is 35.5. The van der Waals surface area contributed by atoms with Crippen molar-refractivity contribution in [3.63, 3.8) is 0 Å². The molecule has 0 N–H and O–H groups in total. The molecule has 98 valence electrons. The Hall–Kier alpha value is -1.56. The van der Waals surface area contributed by atoms with Crippen molar-refractivity contribution in [1.82, 2.24) is 14.9 Å². The summed E-state index contributed by atoms with van der Waals surface area (Å²) >= 11 is 6.03. The number of anilines is 1. The Balaban J connectivity index is 1.95. The maximum atomic E-state index is 11.5. The molecule has 1 aliphatic heterocycles. The van der Waals surface area contributed by atoms with Gasteiger partial charge in [0.2, 0.25) is 0 Å². The smallest absolute Gasteiger partial charge is 0.409 e. The number of carbonyl (C=O) groups excluding carboxylic acids is 1. The lowest BCUT2D eigenvalue weighted by Crippen LogP contribution is -2.49. The van der Waals surface area contributed by atoms with Crippen LogP contribution in [0.15, 0.2) is 12.5 Å². The lowest BCUT2D eigenvalue weighted by atomic mass is 10.3. The topological polar surface area (TPSA) is 58.6 Å². The number of aromatic nitrogens is 2. The predicted octanol–water partition coefficient (Wildman–Crippen LogP) is 1.41. The van der Waals surface area contributed by atoms with Gasteiger partial charge in [-0.2, -0.15) is 0 Å². The third kappa shape index (κ3) is 2.81. The third-order valence-corrected chi connectivity index (χ3v) is 3.02. The Labute approximate surface area is 111 Å². The number of ether oxygens (including phenoxy) is 1. The lowest BCUT2D eigenvalue weighted by Gasteiger charge is -2.34. The highest BCUT2D eigenvalue weighted by molar-refractivity contribution is 6.32. The fourth-order valence-electron chi connectivity index (χ4n) is 1.85. The first kappa shape index (κ1) is 12.9. The number of hydrogen-bond donors (Lipinski definition) is 0. The number of carbonyl (C=O) groups is 1. The number of halogens is 1. The van der Waals surface area contributed by atoms with E-state index in [0.717, 1.165) is 5.82 Å². The van der Waals surface area contributed by atoms with Crippen molar-refractivity contribution in [2.75, 3.05) is 37.7 Å². The Morgan fingerprint density at radius 2 is 2.17 bits per heavy atom. The van der Waals surface area contributed by atoms with Crippen molar-refractivity contribution in [3.8, 4) is 0 Å². The second kappa shape index (κ2) is 5.86. The zero-order valence-electron chi connectivity index (χ0n) is 10.2. The highest BCUT2D eigenvalue weighted by Gasteiger charge is 2.23. The molecule has 1 saturated heterocycles. The fourth-order valence-corrected chi connectivity index (χ4v) is 2.08. The quantitative estimate of drug-likeness (QED) is 0.813. The number of amides is 1. The standard InChI is InChI=1S/C11H15ClN4O2/c1-2-18-11(17)16-5-3-15(4-6-16)10-9(12)7-13-8-14-10/h7-8H,2-6H2,1H3. The molecule has 0 spiro atoms. The number of piperazine rings is 1. The molecule has 0 saturated carbocycles. The monoisotopic (exact) mass is 270 g/mol. The molecule has 0 bridgehead atoms. The molecule has 18 heavy (non-hydrogen) atoms. The number of nitrogens with zero attached hydrogens (tertiary/aromatic N) is 4. The molecule has 2 rings (SSSR count). The summed E-state index contributed by atoms with van der Waals surface area (Å²) < 4.78 is 4.96. The second-order valence-electron chi connectivity index (χ2n) is 3.87. The van der Waals surface area contributed by atoms with Crippen LogP contribution in [0.3, 0.4) is 0 Å². The van der Waals surface area contributed by atoms with Crippen LogP contribution < -0.4 is 4.90 Å². The van der Waals surface area contributed by atoms with Crippen LogP contribution in [0.2, 0.25) is 5.02 Å². The van der Waals surface area contributed by atoms with E-state index in [0.29, 0.717) is 37.8 Å². The largest absolute Gasteiger partial charge is 0.450 e. The third-order valence-electron chi connectivity index (χ3n) is 2.75. The van der Waals surface area contributed by atoms with Gasteiger partial charge in [0.15, 0.2) is 5.82 Å². The number of rotatable bonds is 2. The minimum atomic E-state index is -0.258. The molecular weight excluding hydrogens is 256 g/mol. The Kier molecular flexibility index (Phi) is 4.19. The second-order valence-corrected chi connectivity index (χ2v) is 4.27. The van der Waals surface area contributed by atoms with E-state index in [1.54, 1.807) is 18.0 Å². The fraction of sp³-hybridized carbons (Fsp3) is 0.545. The van der Waals surface area contributed by atoms with Gasteiger partial charge in [-0.1, -0.05) is 11.6 Å². The van der Waals surface area contributed by atoms with Crippen LogP contribution in [-0.2, 0) is 4.74 Å². The Morgan fingerprint density at radius 1 is 1.44 bits per heavy atom. The van der Waals surface area contributed by atoms with E-state index >= 15 is 0 Å². The van der Waals surface area contributed by atoms with Crippen molar-refractivity contribution in [1.29, 1.82) is 0 Å². The van der Waals surface area contributed by atoms with E-state index in [2.05, 4.69) is 9.97 Å². The molecule has 1 aromatic heterocycles. The minimum absolute atomic E-state index is 0.258. The molecule has 1 fully saturated rings. The minimum Gasteiger partial charge on any atom is -0.450 e. The van der Waals surface area contributed by atoms with E-state index in [4.69, 9.17) is 16.3 Å². The molecule has 0 atom stereocenters. The van der Waals surface area contributed by atoms with E-state index in [9.17, 15) is 4.79 Å². The molecule has 0 radical (unpaired) electrons. The van der Waals surface area contributed by atoms with Gasteiger partial charge in [0.05, 0.1) is 12.8 Å². The summed E-state index contributed by atoms with van der Waals surface area (Å²) in [6.45, 7) is 4.80.